The van der Waals surface area contributed by atoms with Gasteiger partial charge in [-0.25, -0.2) is 4.98 Å². The molecule has 0 aliphatic carbocycles. The number of hydrogen-bond acceptors (Lipinski definition) is 2. The number of aliphatic imine (C=N–C) groups is 1. The maximum atomic E-state index is 5.84. The van der Waals surface area contributed by atoms with Crippen LogP contribution in [0.15, 0.2) is 53.7 Å². The van der Waals surface area contributed by atoms with Gasteiger partial charge in [-0.05, 0) is 35.4 Å². The summed E-state index contributed by atoms with van der Waals surface area (Å²) in [4.78, 5) is 10.9. The van der Waals surface area contributed by atoms with E-state index in [1.807, 2.05) is 19.2 Å². The first-order chi connectivity index (χ1) is 12.2. The largest absolute Gasteiger partial charge is 0.352 e. The monoisotopic (exact) mass is 356 g/mol. The summed E-state index contributed by atoms with van der Waals surface area (Å²) in [5.74, 6) is 2.16. The van der Waals surface area contributed by atoms with Gasteiger partial charge in [0.25, 0.3) is 0 Å². The van der Waals surface area contributed by atoms with Crippen molar-refractivity contribution < 1.29 is 0 Å². The van der Waals surface area contributed by atoms with Crippen LogP contribution in [0.4, 0.5) is 0 Å². The molecule has 2 heterocycles. The SMILES string of the molecule is CN=C(NCc1ccc(Cl)nc1)N1CCC(c2ccccc2)C(C)C1. The van der Waals surface area contributed by atoms with E-state index in [4.69, 9.17) is 11.6 Å². The highest BCUT2D eigenvalue weighted by Crippen LogP contribution is 2.32. The summed E-state index contributed by atoms with van der Waals surface area (Å²) in [6.45, 7) is 5.06. The summed E-state index contributed by atoms with van der Waals surface area (Å²) in [7, 11) is 1.84. The number of rotatable bonds is 3. The van der Waals surface area contributed by atoms with Crippen molar-refractivity contribution in [1.29, 1.82) is 0 Å². The van der Waals surface area contributed by atoms with Gasteiger partial charge in [-0.2, -0.15) is 0 Å². The maximum Gasteiger partial charge on any atom is 0.193 e. The van der Waals surface area contributed by atoms with Gasteiger partial charge >= 0.3 is 0 Å². The summed E-state index contributed by atoms with van der Waals surface area (Å²) in [6, 6.07) is 14.6. The molecular weight excluding hydrogens is 332 g/mol. The molecule has 1 aromatic heterocycles. The van der Waals surface area contributed by atoms with Crippen LogP contribution in [0.25, 0.3) is 0 Å². The van der Waals surface area contributed by atoms with Gasteiger partial charge in [-0.1, -0.05) is 54.9 Å². The second kappa shape index (κ2) is 8.34. The van der Waals surface area contributed by atoms with Crippen LogP contribution in [0.1, 0.15) is 30.4 Å². The summed E-state index contributed by atoms with van der Waals surface area (Å²) in [5, 5.41) is 3.96. The fourth-order valence-corrected chi connectivity index (χ4v) is 3.67. The molecule has 132 valence electrons. The van der Waals surface area contributed by atoms with E-state index in [1.165, 1.54) is 5.56 Å². The van der Waals surface area contributed by atoms with Crippen LogP contribution in [-0.4, -0.2) is 36.0 Å². The van der Waals surface area contributed by atoms with Crippen molar-refractivity contribution in [2.24, 2.45) is 10.9 Å². The van der Waals surface area contributed by atoms with E-state index in [2.05, 4.69) is 57.4 Å². The van der Waals surface area contributed by atoms with Gasteiger partial charge in [-0.3, -0.25) is 4.99 Å². The fraction of sp³-hybridized carbons (Fsp3) is 0.400. The fourth-order valence-electron chi connectivity index (χ4n) is 3.56. The first-order valence-electron chi connectivity index (χ1n) is 8.78. The number of likely N-dealkylation sites (tertiary alicyclic amines) is 1. The number of hydrogen-bond donors (Lipinski definition) is 1. The Kier molecular flexibility index (Phi) is 5.92. The van der Waals surface area contributed by atoms with Gasteiger partial charge in [0, 0.05) is 32.9 Å². The number of guanidine groups is 1. The lowest BCUT2D eigenvalue weighted by Gasteiger charge is -2.39. The predicted molar refractivity (Wildman–Crippen MR) is 104 cm³/mol. The van der Waals surface area contributed by atoms with Crippen molar-refractivity contribution in [3.05, 3.63) is 64.9 Å². The highest BCUT2D eigenvalue weighted by Gasteiger charge is 2.28. The van der Waals surface area contributed by atoms with Gasteiger partial charge in [-0.15, -0.1) is 0 Å². The zero-order valence-electron chi connectivity index (χ0n) is 14.8. The quantitative estimate of drug-likeness (QED) is 0.514. The van der Waals surface area contributed by atoms with Crippen molar-refractivity contribution in [1.82, 2.24) is 15.2 Å². The first kappa shape index (κ1) is 17.7. The standard InChI is InChI=1S/C20H25ClN4/c1-15-14-25(11-10-18(15)17-6-4-3-5-7-17)20(22-2)24-13-16-8-9-19(21)23-12-16/h3-9,12,15,18H,10-11,13-14H2,1-2H3,(H,22,24). The predicted octanol–water partition coefficient (Wildman–Crippen LogP) is 3.94. The van der Waals surface area contributed by atoms with E-state index in [1.54, 1.807) is 6.20 Å². The lowest BCUT2D eigenvalue weighted by molar-refractivity contribution is 0.234. The number of nitrogens with one attached hydrogen (secondary N) is 1. The average molecular weight is 357 g/mol. The zero-order valence-corrected chi connectivity index (χ0v) is 15.6. The average Bonchev–Trinajstić information content (AvgIpc) is 2.64. The highest BCUT2D eigenvalue weighted by molar-refractivity contribution is 6.29. The van der Waals surface area contributed by atoms with Gasteiger partial charge in [0.1, 0.15) is 5.15 Å². The molecule has 0 amide bonds. The molecule has 1 saturated heterocycles. The maximum absolute atomic E-state index is 5.84. The van der Waals surface area contributed by atoms with Crippen molar-refractivity contribution in [2.75, 3.05) is 20.1 Å². The third kappa shape index (κ3) is 4.51. The van der Waals surface area contributed by atoms with Crippen molar-refractivity contribution in [2.45, 2.75) is 25.8 Å². The molecule has 0 saturated carbocycles. The minimum Gasteiger partial charge on any atom is -0.352 e. The third-order valence-electron chi connectivity index (χ3n) is 4.88. The van der Waals surface area contributed by atoms with E-state index in [0.29, 0.717) is 23.5 Å². The van der Waals surface area contributed by atoms with E-state index in [-0.39, 0.29) is 0 Å². The molecule has 2 atom stereocenters. The minimum atomic E-state index is 0.518. The summed E-state index contributed by atoms with van der Waals surface area (Å²) >= 11 is 5.84. The Morgan fingerprint density at radius 2 is 2.08 bits per heavy atom. The van der Waals surface area contributed by atoms with Crippen LogP contribution in [0.5, 0.6) is 0 Å². The van der Waals surface area contributed by atoms with Gasteiger partial charge < -0.3 is 10.2 Å². The molecular formula is C20H25ClN4. The molecule has 0 spiro atoms. The van der Waals surface area contributed by atoms with E-state index >= 15 is 0 Å². The van der Waals surface area contributed by atoms with Crippen LogP contribution >= 0.6 is 11.6 Å². The molecule has 1 N–H and O–H groups in total. The molecule has 1 aliphatic heterocycles. The number of nitrogens with zero attached hydrogens (tertiary/aromatic N) is 3. The second-order valence-corrected chi connectivity index (χ2v) is 7.01. The Balaban J connectivity index is 1.59. The Morgan fingerprint density at radius 1 is 1.28 bits per heavy atom. The molecule has 1 fully saturated rings. The topological polar surface area (TPSA) is 40.5 Å². The highest BCUT2D eigenvalue weighted by atomic mass is 35.5. The molecule has 0 bridgehead atoms. The van der Waals surface area contributed by atoms with Crippen LogP contribution in [0.2, 0.25) is 5.15 Å². The number of benzene rings is 1. The molecule has 0 radical (unpaired) electrons. The van der Waals surface area contributed by atoms with Crippen LogP contribution in [0.3, 0.4) is 0 Å². The summed E-state index contributed by atoms with van der Waals surface area (Å²) < 4.78 is 0. The lowest BCUT2D eigenvalue weighted by Crippen LogP contribution is -2.47. The van der Waals surface area contributed by atoms with E-state index in [0.717, 1.165) is 31.0 Å². The van der Waals surface area contributed by atoms with E-state index in [9.17, 15) is 0 Å². The number of piperidine rings is 1. The Labute approximate surface area is 154 Å². The minimum absolute atomic E-state index is 0.518. The molecule has 3 rings (SSSR count). The molecule has 5 heteroatoms. The zero-order chi connectivity index (χ0) is 17.6. The number of halogens is 1. The lowest BCUT2D eigenvalue weighted by atomic mass is 9.82. The van der Waals surface area contributed by atoms with Crippen LogP contribution in [0, 0.1) is 5.92 Å². The first-order valence-corrected chi connectivity index (χ1v) is 9.16. The summed E-state index contributed by atoms with van der Waals surface area (Å²) in [6.07, 6.45) is 2.95. The van der Waals surface area contributed by atoms with E-state index < -0.39 is 0 Å². The number of aromatic nitrogens is 1. The van der Waals surface area contributed by atoms with Crippen molar-refractivity contribution >= 4 is 17.6 Å². The normalized spacial score (nSPS) is 21.2. The molecule has 25 heavy (non-hydrogen) atoms. The molecule has 2 aromatic rings. The second-order valence-electron chi connectivity index (χ2n) is 6.62. The molecule has 4 nitrogen and oxygen atoms in total. The Bertz CT molecular complexity index is 699. The van der Waals surface area contributed by atoms with Crippen molar-refractivity contribution in [3.63, 3.8) is 0 Å². The van der Waals surface area contributed by atoms with Crippen molar-refractivity contribution in [3.8, 4) is 0 Å². The smallest absolute Gasteiger partial charge is 0.193 e. The Morgan fingerprint density at radius 3 is 2.72 bits per heavy atom. The van der Waals surface area contributed by atoms with Crippen LogP contribution < -0.4 is 5.32 Å². The number of pyridine rings is 1. The van der Waals surface area contributed by atoms with Gasteiger partial charge in [0.15, 0.2) is 5.96 Å². The summed E-state index contributed by atoms with van der Waals surface area (Å²) in [5.41, 5.74) is 2.54. The molecule has 2 unspecified atom stereocenters. The Hall–Kier alpha value is -2.07. The molecule has 1 aliphatic rings. The third-order valence-corrected chi connectivity index (χ3v) is 5.11. The van der Waals surface area contributed by atoms with Gasteiger partial charge in [0.2, 0.25) is 0 Å². The molecule has 1 aromatic carbocycles. The van der Waals surface area contributed by atoms with Crippen LogP contribution in [-0.2, 0) is 6.54 Å². The van der Waals surface area contributed by atoms with Gasteiger partial charge in [0.05, 0.1) is 0 Å².